The molecule has 0 spiro atoms. The Balaban J connectivity index is 1.76. The van der Waals surface area contributed by atoms with Gasteiger partial charge in [-0.15, -0.1) is 0 Å². The fraction of sp³-hybridized carbons (Fsp3) is 0.355. The van der Waals surface area contributed by atoms with Crippen molar-refractivity contribution >= 4 is 43.9 Å². The lowest BCUT2D eigenvalue weighted by Crippen LogP contribution is -2.36. The maximum Gasteiger partial charge on any atom is 0.307 e. The van der Waals surface area contributed by atoms with Crippen molar-refractivity contribution in [1.29, 1.82) is 0 Å². The predicted molar refractivity (Wildman–Crippen MR) is 164 cm³/mol. The van der Waals surface area contributed by atoms with Gasteiger partial charge >= 0.3 is 5.97 Å². The minimum absolute atomic E-state index is 0.0453. The van der Waals surface area contributed by atoms with Crippen LogP contribution in [-0.4, -0.2) is 51.0 Å². The third kappa shape index (κ3) is 5.71. The highest BCUT2D eigenvalue weighted by Gasteiger charge is 2.30. The Kier molecular flexibility index (Phi) is 7.76. The van der Waals surface area contributed by atoms with Gasteiger partial charge in [0.15, 0.2) is 11.5 Å². The highest BCUT2D eigenvalue weighted by molar-refractivity contribution is 7.90. The first-order valence-electron chi connectivity index (χ1n) is 13.9. The van der Waals surface area contributed by atoms with Gasteiger partial charge in [-0.05, 0) is 50.5 Å². The smallest absolute Gasteiger partial charge is 0.307 e. The van der Waals surface area contributed by atoms with Gasteiger partial charge in [0.1, 0.15) is 17.3 Å². The molecule has 12 heteroatoms. The van der Waals surface area contributed by atoms with Gasteiger partial charge in [-0.25, -0.2) is 31.7 Å². The summed E-state index contributed by atoms with van der Waals surface area (Å²) in [5.74, 6) is -0.370. The third-order valence-corrected chi connectivity index (χ3v) is 9.14. The van der Waals surface area contributed by atoms with Gasteiger partial charge in [-0.3, -0.25) is 4.79 Å². The normalized spacial score (nSPS) is 13.1. The summed E-state index contributed by atoms with van der Waals surface area (Å²) in [7, 11) is -2.75. The van der Waals surface area contributed by atoms with Crippen LogP contribution in [-0.2, 0) is 19.6 Å². The first kappa shape index (κ1) is 30.1. The van der Waals surface area contributed by atoms with Crippen LogP contribution in [0.3, 0.4) is 0 Å². The van der Waals surface area contributed by atoms with Crippen LogP contribution in [0.5, 0.6) is 0 Å². The number of methoxy groups -OCH3 is 1. The number of aromatic nitrogens is 5. The second kappa shape index (κ2) is 11.1. The van der Waals surface area contributed by atoms with E-state index in [4.69, 9.17) is 14.7 Å². The van der Waals surface area contributed by atoms with E-state index >= 15 is 0 Å². The largest absolute Gasteiger partial charge is 0.469 e. The molecule has 1 unspecified atom stereocenters. The molecule has 0 bridgehead atoms. The zero-order chi connectivity index (χ0) is 31.3. The molecule has 4 heterocycles. The van der Waals surface area contributed by atoms with Crippen molar-refractivity contribution in [2.24, 2.45) is 5.41 Å². The lowest BCUT2D eigenvalue weighted by atomic mass is 9.84. The van der Waals surface area contributed by atoms with Crippen LogP contribution in [0, 0.1) is 18.2 Å². The number of esters is 1. The molecular weight excluding hydrogens is 571 g/mol. The maximum atomic E-state index is 14.6. The van der Waals surface area contributed by atoms with Gasteiger partial charge in [0.25, 0.3) is 10.0 Å². The number of halogens is 1. The molecule has 226 valence electrons. The average Bonchev–Trinajstić information content (AvgIpc) is 3.54. The number of hydrogen-bond donors (Lipinski definition) is 1. The summed E-state index contributed by atoms with van der Waals surface area (Å²) in [4.78, 5) is 26.2. The summed E-state index contributed by atoms with van der Waals surface area (Å²) in [6.45, 7) is 11.9. The Bertz CT molecular complexity index is 1940. The van der Waals surface area contributed by atoms with Gasteiger partial charge in [0.05, 0.1) is 30.0 Å². The molecule has 10 nitrogen and oxygen atoms in total. The lowest BCUT2D eigenvalue weighted by Gasteiger charge is -2.31. The number of anilines is 1. The van der Waals surface area contributed by atoms with Crippen molar-refractivity contribution < 1.29 is 22.3 Å². The zero-order valence-corrected chi connectivity index (χ0v) is 26.0. The molecule has 0 fully saturated rings. The SMILES string of the molecule is COC(=O)CC(Nc1nc(-c2cn(S(=O)(=O)c3ccc(C)cc3)c3ncc(F)cc23)nc2c1ccn2C(C)C)C(C)(C)C. The molecule has 4 aromatic heterocycles. The first-order valence-corrected chi connectivity index (χ1v) is 15.4. The molecule has 0 aliphatic carbocycles. The maximum absolute atomic E-state index is 14.6. The van der Waals surface area contributed by atoms with E-state index in [0.29, 0.717) is 17.0 Å². The van der Waals surface area contributed by atoms with E-state index in [1.807, 2.05) is 58.4 Å². The average molecular weight is 607 g/mol. The van der Waals surface area contributed by atoms with Crippen LogP contribution >= 0.6 is 0 Å². The van der Waals surface area contributed by atoms with Gasteiger partial charge < -0.3 is 14.6 Å². The number of pyridine rings is 1. The van der Waals surface area contributed by atoms with Crippen LogP contribution in [0.1, 0.15) is 52.6 Å². The topological polar surface area (TPSA) is 121 Å². The first-order chi connectivity index (χ1) is 20.2. The van der Waals surface area contributed by atoms with E-state index < -0.39 is 15.8 Å². The van der Waals surface area contributed by atoms with E-state index in [0.717, 1.165) is 21.1 Å². The van der Waals surface area contributed by atoms with Crippen molar-refractivity contribution in [1.82, 2.24) is 23.5 Å². The van der Waals surface area contributed by atoms with Gasteiger partial charge in [-0.2, -0.15) is 0 Å². The summed E-state index contributed by atoms with van der Waals surface area (Å²) in [5, 5.41) is 4.40. The molecule has 1 N–H and O–H groups in total. The summed E-state index contributed by atoms with van der Waals surface area (Å²) in [5.41, 5.74) is 1.48. The van der Waals surface area contributed by atoms with Crippen molar-refractivity contribution in [3.8, 4) is 11.4 Å². The Morgan fingerprint density at radius 2 is 1.77 bits per heavy atom. The van der Waals surface area contributed by atoms with E-state index in [9.17, 15) is 17.6 Å². The number of carbonyl (C=O) groups excluding carboxylic acids is 1. The molecule has 43 heavy (non-hydrogen) atoms. The van der Waals surface area contributed by atoms with E-state index in [-0.39, 0.29) is 51.6 Å². The predicted octanol–water partition coefficient (Wildman–Crippen LogP) is 6.10. The quantitative estimate of drug-likeness (QED) is 0.210. The Hall–Kier alpha value is -4.32. The highest BCUT2D eigenvalue weighted by atomic mass is 32.2. The van der Waals surface area contributed by atoms with Gasteiger partial charge in [-0.1, -0.05) is 38.5 Å². The number of carbonyl (C=O) groups is 1. The molecule has 1 atom stereocenters. The molecule has 1 aromatic carbocycles. The fourth-order valence-corrected chi connectivity index (χ4v) is 6.23. The lowest BCUT2D eigenvalue weighted by molar-refractivity contribution is -0.141. The molecule has 5 aromatic rings. The van der Waals surface area contributed by atoms with Gasteiger partial charge in [0, 0.05) is 35.4 Å². The summed E-state index contributed by atoms with van der Waals surface area (Å²) in [6, 6.07) is 9.27. The van der Waals surface area contributed by atoms with E-state index in [1.54, 1.807) is 12.1 Å². The molecule has 0 amide bonds. The minimum atomic E-state index is -4.10. The van der Waals surface area contributed by atoms with Crippen LogP contribution in [0.2, 0.25) is 0 Å². The second-order valence-corrected chi connectivity index (χ2v) is 13.8. The monoisotopic (exact) mass is 606 g/mol. The molecule has 5 rings (SSSR count). The summed E-state index contributed by atoms with van der Waals surface area (Å²) >= 11 is 0. The van der Waals surface area contributed by atoms with Crippen molar-refractivity contribution in [3.05, 3.63) is 66.4 Å². The fourth-order valence-electron chi connectivity index (χ4n) is 4.91. The molecule has 0 radical (unpaired) electrons. The van der Waals surface area contributed by atoms with Gasteiger partial charge in [0.2, 0.25) is 0 Å². The number of rotatable bonds is 8. The Labute approximate surface area is 250 Å². The van der Waals surface area contributed by atoms with Crippen LogP contribution < -0.4 is 5.32 Å². The van der Waals surface area contributed by atoms with Crippen molar-refractivity contribution in [2.45, 2.75) is 64.9 Å². The Morgan fingerprint density at radius 3 is 2.40 bits per heavy atom. The van der Waals surface area contributed by atoms with Crippen LogP contribution in [0.4, 0.5) is 10.2 Å². The molecule has 0 saturated carbocycles. The minimum Gasteiger partial charge on any atom is -0.469 e. The van der Waals surface area contributed by atoms with E-state index in [2.05, 4.69) is 10.3 Å². The molecule has 0 saturated heterocycles. The number of hydrogen-bond acceptors (Lipinski definition) is 8. The van der Waals surface area contributed by atoms with E-state index in [1.165, 1.54) is 31.5 Å². The van der Waals surface area contributed by atoms with Crippen molar-refractivity contribution in [2.75, 3.05) is 12.4 Å². The number of fused-ring (bicyclic) bond motifs is 2. The van der Waals surface area contributed by atoms with Crippen LogP contribution in [0.25, 0.3) is 33.5 Å². The second-order valence-electron chi connectivity index (χ2n) is 12.0. The molecule has 0 aliphatic heterocycles. The molecular formula is C31H35FN6O4S. The number of aryl methyl sites for hydroxylation is 1. The summed E-state index contributed by atoms with van der Waals surface area (Å²) in [6.07, 6.45) is 4.36. The number of ether oxygens (including phenoxy) is 1. The van der Waals surface area contributed by atoms with Crippen molar-refractivity contribution in [3.63, 3.8) is 0 Å². The highest BCUT2D eigenvalue weighted by Crippen LogP contribution is 2.35. The number of benzene rings is 1. The zero-order valence-electron chi connectivity index (χ0n) is 25.2. The number of nitrogens with zero attached hydrogens (tertiary/aromatic N) is 5. The third-order valence-electron chi connectivity index (χ3n) is 7.48. The summed E-state index contributed by atoms with van der Waals surface area (Å²) < 4.78 is 50.1. The molecule has 0 aliphatic rings. The standard InChI is InChI=1S/C31H35FN6O4S/c1-18(2)37-13-12-22-27(34-25(31(4,5)6)15-26(39)42-7)35-28(36-30(22)37)24-17-38(29-23(24)14-20(32)16-33-29)43(40,41)21-10-8-19(3)9-11-21/h8-14,16-18,25H,15H2,1-7H3,(H,34,35,36). The van der Waals surface area contributed by atoms with Crippen LogP contribution in [0.15, 0.2) is 59.9 Å². The number of nitrogens with one attached hydrogen (secondary N) is 1. The Morgan fingerprint density at radius 1 is 1.07 bits per heavy atom.